The van der Waals surface area contributed by atoms with Crippen LogP contribution in [-0.4, -0.2) is 32.3 Å². The number of carbonyl (C=O) groups is 1. The molecule has 134 valence electrons. The zero-order valence-corrected chi connectivity index (χ0v) is 15.1. The Hall–Kier alpha value is -2.40. The van der Waals surface area contributed by atoms with Gasteiger partial charge in [0, 0.05) is 6.07 Å². The predicted molar refractivity (Wildman–Crippen MR) is 97.7 cm³/mol. The van der Waals surface area contributed by atoms with Gasteiger partial charge in [-0.3, -0.25) is 4.79 Å². The lowest BCUT2D eigenvalue weighted by Gasteiger charge is -2.18. The van der Waals surface area contributed by atoms with Gasteiger partial charge < -0.3 is 19.5 Å². The molecule has 0 aliphatic heterocycles. The SMILES string of the molecule is CC[C@@H](Oc1ccccc1Cl)C(=O)NCCOc1cccc(OC)c1. The fourth-order valence-electron chi connectivity index (χ4n) is 2.16. The molecule has 1 amide bonds. The maximum Gasteiger partial charge on any atom is 0.261 e. The zero-order chi connectivity index (χ0) is 18.1. The highest BCUT2D eigenvalue weighted by Crippen LogP contribution is 2.24. The first kappa shape index (κ1) is 18.9. The molecule has 0 fully saturated rings. The number of nitrogens with one attached hydrogen (secondary N) is 1. The van der Waals surface area contributed by atoms with Gasteiger partial charge in [0.05, 0.1) is 18.7 Å². The van der Waals surface area contributed by atoms with Crippen molar-refractivity contribution < 1.29 is 19.0 Å². The molecule has 0 aromatic heterocycles. The molecule has 0 radical (unpaired) electrons. The van der Waals surface area contributed by atoms with Crippen LogP contribution in [0.5, 0.6) is 17.2 Å². The molecule has 0 saturated carbocycles. The van der Waals surface area contributed by atoms with Crippen molar-refractivity contribution in [3.8, 4) is 17.2 Å². The Labute approximate surface area is 152 Å². The van der Waals surface area contributed by atoms with Crippen molar-refractivity contribution in [2.45, 2.75) is 19.4 Å². The average molecular weight is 364 g/mol. The van der Waals surface area contributed by atoms with Crippen LogP contribution in [0.4, 0.5) is 0 Å². The van der Waals surface area contributed by atoms with Crippen LogP contribution in [-0.2, 0) is 4.79 Å². The van der Waals surface area contributed by atoms with Gasteiger partial charge in [0.1, 0.15) is 23.9 Å². The Morgan fingerprint density at radius 2 is 1.92 bits per heavy atom. The van der Waals surface area contributed by atoms with Crippen molar-refractivity contribution in [1.29, 1.82) is 0 Å². The van der Waals surface area contributed by atoms with Gasteiger partial charge in [0.25, 0.3) is 5.91 Å². The summed E-state index contributed by atoms with van der Waals surface area (Å²) in [5, 5.41) is 3.29. The number of hydrogen-bond acceptors (Lipinski definition) is 4. The summed E-state index contributed by atoms with van der Waals surface area (Å²) in [5.41, 5.74) is 0. The normalized spacial score (nSPS) is 11.5. The van der Waals surface area contributed by atoms with Crippen LogP contribution < -0.4 is 19.5 Å². The number of halogens is 1. The lowest BCUT2D eigenvalue weighted by atomic mass is 10.2. The maximum atomic E-state index is 12.2. The van der Waals surface area contributed by atoms with Gasteiger partial charge in [-0.05, 0) is 30.7 Å². The van der Waals surface area contributed by atoms with Crippen LogP contribution >= 0.6 is 11.6 Å². The molecule has 0 spiro atoms. The monoisotopic (exact) mass is 363 g/mol. The third-order valence-electron chi connectivity index (χ3n) is 3.48. The van der Waals surface area contributed by atoms with Crippen molar-refractivity contribution in [1.82, 2.24) is 5.32 Å². The number of methoxy groups -OCH3 is 1. The molecule has 1 atom stereocenters. The highest BCUT2D eigenvalue weighted by molar-refractivity contribution is 6.32. The van der Waals surface area contributed by atoms with E-state index in [2.05, 4.69) is 5.32 Å². The summed E-state index contributed by atoms with van der Waals surface area (Å²) < 4.78 is 16.4. The summed E-state index contributed by atoms with van der Waals surface area (Å²) in [6.45, 7) is 2.60. The number of para-hydroxylation sites is 1. The largest absolute Gasteiger partial charge is 0.497 e. The standard InChI is InChI=1S/C19H22ClNO4/c1-3-17(25-18-10-5-4-9-16(18)20)19(22)21-11-12-24-15-8-6-7-14(13-15)23-2/h4-10,13,17H,3,11-12H2,1-2H3,(H,21,22)/t17-/m1/s1. The van der Waals surface area contributed by atoms with Crippen molar-refractivity contribution >= 4 is 17.5 Å². The van der Waals surface area contributed by atoms with Gasteiger partial charge in [0.15, 0.2) is 6.10 Å². The van der Waals surface area contributed by atoms with E-state index >= 15 is 0 Å². The van der Waals surface area contributed by atoms with E-state index in [-0.39, 0.29) is 5.91 Å². The Morgan fingerprint density at radius 3 is 2.64 bits per heavy atom. The van der Waals surface area contributed by atoms with Crippen molar-refractivity contribution in [2.24, 2.45) is 0 Å². The van der Waals surface area contributed by atoms with Gasteiger partial charge in [-0.1, -0.05) is 36.7 Å². The van der Waals surface area contributed by atoms with E-state index in [4.69, 9.17) is 25.8 Å². The summed E-state index contributed by atoms with van der Waals surface area (Å²) in [4.78, 5) is 12.2. The quantitative estimate of drug-likeness (QED) is 0.690. The predicted octanol–water partition coefficient (Wildman–Crippen LogP) is 3.70. The summed E-state index contributed by atoms with van der Waals surface area (Å²) in [6, 6.07) is 14.4. The van der Waals surface area contributed by atoms with Gasteiger partial charge >= 0.3 is 0 Å². The van der Waals surface area contributed by atoms with Crippen LogP contribution in [0.15, 0.2) is 48.5 Å². The number of benzene rings is 2. The number of hydrogen-bond donors (Lipinski definition) is 1. The molecule has 0 aliphatic carbocycles. The molecule has 0 heterocycles. The molecule has 5 nitrogen and oxygen atoms in total. The number of carbonyl (C=O) groups excluding carboxylic acids is 1. The fourth-order valence-corrected chi connectivity index (χ4v) is 2.34. The first-order valence-corrected chi connectivity index (χ1v) is 8.47. The van der Waals surface area contributed by atoms with E-state index in [0.717, 1.165) is 5.75 Å². The molecule has 2 rings (SSSR count). The van der Waals surface area contributed by atoms with E-state index in [0.29, 0.717) is 36.1 Å². The second-order valence-electron chi connectivity index (χ2n) is 5.26. The van der Waals surface area contributed by atoms with E-state index < -0.39 is 6.10 Å². The molecule has 2 aromatic carbocycles. The summed E-state index contributed by atoms with van der Waals surface area (Å²) >= 11 is 6.06. The van der Waals surface area contributed by atoms with Crippen molar-refractivity contribution in [3.63, 3.8) is 0 Å². The maximum absolute atomic E-state index is 12.2. The van der Waals surface area contributed by atoms with Gasteiger partial charge in [-0.25, -0.2) is 0 Å². The van der Waals surface area contributed by atoms with Gasteiger partial charge in [-0.2, -0.15) is 0 Å². The van der Waals surface area contributed by atoms with Gasteiger partial charge in [0.2, 0.25) is 0 Å². The minimum atomic E-state index is -0.600. The molecule has 6 heteroatoms. The van der Waals surface area contributed by atoms with Gasteiger partial charge in [-0.15, -0.1) is 0 Å². The first-order valence-electron chi connectivity index (χ1n) is 8.09. The zero-order valence-electron chi connectivity index (χ0n) is 14.3. The minimum Gasteiger partial charge on any atom is -0.497 e. The second-order valence-corrected chi connectivity index (χ2v) is 5.67. The van der Waals surface area contributed by atoms with Crippen LogP contribution in [0, 0.1) is 0 Å². The molecule has 0 unspecified atom stereocenters. The first-order chi connectivity index (χ1) is 12.1. The second kappa shape index (κ2) is 9.79. The van der Waals surface area contributed by atoms with Crippen LogP contribution in [0.2, 0.25) is 5.02 Å². The molecule has 0 aliphatic rings. The highest BCUT2D eigenvalue weighted by Gasteiger charge is 2.18. The van der Waals surface area contributed by atoms with Crippen molar-refractivity contribution in [3.05, 3.63) is 53.6 Å². The number of rotatable bonds is 9. The topological polar surface area (TPSA) is 56.8 Å². The fraction of sp³-hybridized carbons (Fsp3) is 0.316. The van der Waals surface area contributed by atoms with E-state index in [1.54, 1.807) is 25.3 Å². The lowest BCUT2D eigenvalue weighted by Crippen LogP contribution is -2.39. The Balaban J connectivity index is 1.79. The van der Waals surface area contributed by atoms with E-state index in [1.165, 1.54) is 0 Å². The summed E-state index contributed by atoms with van der Waals surface area (Å²) in [6.07, 6.45) is -0.0647. The van der Waals surface area contributed by atoms with E-state index in [9.17, 15) is 4.79 Å². The minimum absolute atomic E-state index is 0.198. The molecule has 0 bridgehead atoms. The number of amides is 1. The molecular formula is C19H22ClNO4. The van der Waals surface area contributed by atoms with Crippen LogP contribution in [0.25, 0.3) is 0 Å². The summed E-state index contributed by atoms with van der Waals surface area (Å²) in [5.74, 6) is 1.71. The number of ether oxygens (including phenoxy) is 3. The Morgan fingerprint density at radius 1 is 1.16 bits per heavy atom. The molecule has 0 saturated heterocycles. The highest BCUT2D eigenvalue weighted by atomic mass is 35.5. The molecule has 1 N–H and O–H groups in total. The van der Waals surface area contributed by atoms with Crippen molar-refractivity contribution in [2.75, 3.05) is 20.3 Å². The van der Waals surface area contributed by atoms with E-state index in [1.807, 2.05) is 37.3 Å². The Kier molecular flexibility index (Phi) is 7.41. The third kappa shape index (κ3) is 5.87. The lowest BCUT2D eigenvalue weighted by molar-refractivity contribution is -0.128. The third-order valence-corrected chi connectivity index (χ3v) is 3.79. The molecular weight excluding hydrogens is 342 g/mol. The smallest absolute Gasteiger partial charge is 0.261 e. The van der Waals surface area contributed by atoms with Crippen LogP contribution in [0.3, 0.4) is 0 Å². The Bertz CT molecular complexity index is 693. The molecule has 25 heavy (non-hydrogen) atoms. The van der Waals surface area contributed by atoms with Crippen LogP contribution in [0.1, 0.15) is 13.3 Å². The average Bonchev–Trinajstić information content (AvgIpc) is 2.64. The molecule has 2 aromatic rings. The summed E-state index contributed by atoms with van der Waals surface area (Å²) in [7, 11) is 1.60.